The number of aliphatic hydroxyl groups is 7. The van der Waals surface area contributed by atoms with Crippen molar-refractivity contribution in [3.8, 4) is 0 Å². The fourth-order valence-electron chi connectivity index (χ4n) is 0.808. The predicted octanol–water partition coefficient (Wildman–Crippen LogP) is -16.6. The van der Waals surface area contributed by atoms with Crippen LogP contribution in [-0.2, 0) is 70.8 Å². The molecule has 0 aromatic carbocycles. The molecule has 0 aliphatic rings. The normalized spacial score (nSPS) is 11.0. The molecule has 0 atom stereocenters. The SMILES string of the molecule is O=S(=O)(O)CCO.O=S(=O)(O)CCO.O=S(=O)(O)CCO.O=S(=O)(O)CCO.O=S(=O)(O)CCO.O=S(=O)(O)CCO.O=S(=O)(O)CCO.[H-].[H-].[H-].[Na+].[Na+].[Na+]. The van der Waals surface area contributed by atoms with E-state index in [-0.39, 0.29) is 93.0 Å². The molecule has 0 rings (SSSR count). The van der Waals surface area contributed by atoms with E-state index in [1.54, 1.807) is 0 Å². The second-order valence-corrected chi connectivity index (χ2v) is 18.1. The molecule has 52 heavy (non-hydrogen) atoms. The maximum atomic E-state index is 9.63. The maximum absolute atomic E-state index is 9.63. The molecular formula is C14H45Na3O28S7. The van der Waals surface area contributed by atoms with Crippen LogP contribution in [0.25, 0.3) is 0 Å². The Kier molecular flexibility index (Phi) is 64.4. The number of hydrogen-bond donors (Lipinski definition) is 14. The van der Waals surface area contributed by atoms with Gasteiger partial charge in [0.25, 0.3) is 70.8 Å². The Morgan fingerprint density at radius 1 is 0.231 bits per heavy atom. The number of aliphatic hydroxyl groups excluding tert-OH is 7. The van der Waals surface area contributed by atoms with Crippen LogP contribution < -0.4 is 88.7 Å². The van der Waals surface area contributed by atoms with E-state index in [1.165, 1.54) is 0 Å². The molecule has 0 radical (unpaired) electrons. The van der Waals surface area contributed by atoms with Crippen molar-refractivity contribution < 1.29 is 219 Å². The molecular weight excluding hydrogens is 910 g/mol. The van der Waals surface area contributed by atoms with Crippen LogP contribution in [0.5, 0.6) is 0 Å². The molecule has 0 spiro atoms. The molecule has 0 heterocycles. The van der Waals surface area contributed by atoms with Gasteiger partial charge in [0.2, 0.25) is 0 Å². The van der Waals surface area contributed by atoms with Crippen molar-refractivity contribution >= 4 is 70.8 Å². The van der Waals surface area contributed by atoms with Crippen LogP contribution in [0.3, 0.4) is 0 Å². The van der Waals surface area contributed by atoms with Crippen molar-refractivity contribution in [1.29, 1.82) is 0 Å². The Hall–Kier alpha value is 2.09. The summed E-state index contributed by atoms with van der Waals surface area (Å²) in [6.07, 6.45) is 0. The fourth-order valence-corrected chi connectivity index (χ4v) is 2.42. The maximum Gasteiger partial charge on any atom is 1.00 e. The third-order valence-corrected chi connectivity index (χ3v) is 7.33. The summed E-state index contributed by atoms with van der Waals surface area (Å²) in [5.74, 6) is -4.03. The molecule has 0 aliphatic carbocycles. The monoisotopic (exact) mass is 954 g/mol. The first-order chi connectivity index (χ1) is 21.4. The molecule has 0 aliphatic heterocycles. The first-order valence-electron chi connectivity index (χ1n) is 11.3. The van der Waals surface area contributed by atoms with Crippen molar-refractivity contribution in [2.45, 2.75) is 0 Å². The first kappa shape index (κ1) is 78.4. The van der Waals surface area contributed by atoms with Crippen LogP contribution in [-0.4, -0.2) is 213 Å². The van der Waals surface area contributed by atoms with Gasteiger partial charge in [0, 0.05) is 0 Å². The summed E-state index contributed by atoms with van der Waals surface area (Å²) in [4.78, 5) is 0. The molecule has 0 bridgehead atoms. The zero-order chi connectivity index (χ0) is 41.4. The van der Waals surface area contributed by atoms with Crippen molar-refractivity contribution in [2.24, 2.45) is 0 Å². The van der Waals surface area contributed by atoms with Crippen LogP contribution in [0.1, 0.15) is 4.28 Å². The van der Waals surface area contributed by atoms with E-state index in [0.29, 0.717) is 0 Å². The Balaban J connectivity index is -0.0000000334. The molecule has 28 nitrogen and oxygen atoms in total. The van der Waals surface area contributed by atoms with E-state index < -0.39 is 157 Å². The van der Waals surface area contributed by atoms with E-state index >= 15 is 0 Å². The van der Waals surface area contributed by atoms with Crippen molar-refractivity contribution in [3.05, 3.63) is 0 Å². The molecule has 0 aromatic heterocycles. The van der Waals surface area contributed by atoms with Crippen molar-refractivity contribution in [1.82, 2.24) is 0 Å². The topological polar surface area (TPSA) is 522 Å². The van der Waals surface area contributed by atoms with Crippen LogP contribution in [0.15, 0.2) is 0 Å². The Bertz CT molecular complexity index is 1230. The van der Waals surface area contributed by atoms with Gasteiger partial charge in [-0.2, -0.15) is 58.9 Å². The van der Waals surface area contributed by atoms with Gasteiger partial charge in [0.05, 0.1) is 86.5 Å². The summed E-state index contributed by atoms with van der Waals surface area (Å²) < 4.78 is 190. The summed E-state index contributed by atoms with van der Waals surface area (Å²) >= 11 is 0. The van der Waals surface area contributed by atoms with E-state index in [1.807, 2.05) is 0 Å². The number of rotatable bonds is 14. The first-order valence-corrected chi connectivity index (χ1v) is 22.6. The standard InChI is InChI=1S/7C2H6O4S.3Na.3H/c7*3-1-2-7(4,5)6;;;;;;/h7*3H,1-2H2,(H,4,5,6);;;;;;/q;;;;;;;3*+1;3*-1. The summed E-state index contributed by atoms with van der Waals surface area (Å²) in [6, 6.07) is 0. The molecule has 38 heteroatoms. The van der Waals surface area contributed by atoms with Crippen LogP contribution in [0.4, 0.5) is 0 Å². The minimum Gasteiger partial charge on any atom is -1.00 e. The molecule has 0 fully saturated rings. The summed E-state index contributed by atoms with van der Waals surface area (Å²) in [6.45, 7) is -3.70. The smallest absolute Gasteiger partial charge is 1.00 e. The molecule has 14 N–H and O–H groups in total. The third-order valence-electron chi connectivity index (χ3n) is 2.44. The van der Waals surface area contributed by atoms with Gasteiger partial charge in [-0.05, 0) is 0 Å². The second-order valence-electron chi connectivity index (χ2n) is 7.07. The van der Waals surface area contributed by atoms with Gasteiger partial charge < -0.3 is 40.0 Å². The summed E-state index contributed by atoms with van der Waals surface area (Å²) in [5, 5.41) is 55.0. The molecule has 0 unspecified atom stereocenters. The molecule has 0 saturated carbocycles. The van der Waals surface area contributed by atoms with Gasteiger partial charge in [-0.25, -0.2) is 0 Å². The minimum absolute atomic E-state index is 0. The van der Waals surface area contributed by atoms with E-state index in [4.69, 9.17) is 67.6 Å². The fraction of sp³-hybridized carbons (Fsp3) is 1.00. The average molecular weight is 955 g/mol. The summed E-state index contributed by atoms with van der Waals surface area (Å²) in [7, 11) is -27.5. The predicted molar refractivity (Wildman–Crippen MR) is 168 cm³/mol. The van der Waals surface area contributed by atoms with Gasteiger partial charge in [-0.1, -0.05) is 0 Å². The molecule has 0 saturated heterocycles. The molecule has 0 amide bonds. The van der Waals surface area contributed by atoms with E-state index in [9.17, 15) is 58.9 Å². The van der Waals surface area contributed by atoms with Gasteiger partial charge in [-0.3, -0.25) is 31.9 Å². The average Bonchev–Trinajstić information content (AvgIpc) is 2.76. The second kappa shape index (κ2) is 42.7. The Labute approximate surface area is 372 Å². The number of hydrogen-bond acceptors (Lipinski definition) is 21. The van der Waals surface area contributed by atoms with Gasteiger partial charge in [-0.15, -0.1) is 0 Å². The summed E-state index contributed by atoms with van der Waals surface area (Å²) in [5.41, 5.74) is 0. The molecule has 314 valence electrons. The van der Waals surface area contributed by atoms with Crippen LogP contribution in [0, 0.1) is 0 Å². The Morgan fingerprint density at radius 3 is 0.288 bits per heavy atom. The zero-order valence-corrected chi connectivity index (χ0v) is 39.4. The zero-order valence-electron chi connectivity index (χ0n) is 30.7. The molecule has 0 aromatic rings. The minimum atomic E-state index is -3.92. The van der Waals surface area contributed by atoms with Gasteiger partial charge in [0.1, 0.15) is 0 Å². The third kappa shape index (κ3) is 150. The van der Waals surface area contributed by atoms with Gasteiger partial charge >= 0.3 is 88.7 Å². The van der Waals surface area contributed by atoms with Crippen LogP contribution in [0.2, 0.25) is 0 Å². The van der Waals surface area contributed by atoms with Crippen LogP contribution >= 0.6 is 0 Å². The van der Waals surface area contributed by atoms with E-state index in [2.05, 4.69) is 0 Å². The van der Waals surface area contributed by atoms with E-state index in [0.717, 1.165) is 0 Å². The van der Waals surface area contributed by atoms with Gasteiger partial charge in [0.15, 0.2) is 0 Å². The van der Waals surface area contributed by atoms with Crippen molar-refractivity contribution in [3.63, 3.8) is 0 Å². The quantitative estimate of drug-likeness (QED) is 0.0568. The Morgan fingerprint density at radius 2 is 0.288 bits per heavy atom. The van der Waals surface area contributed by atoms with Crippen molar-refractivity contribution in [2.75, 3.05) is 86.5 Å². The largest absolute Gasteiger partial charge is 1.00 e.